The summed E-state index contributed by atoms with van der Waals surface area (Å²) in [6.45, 7) is 9.05. The molecule has 0 amide bonds. The van der Waals surface area contributed by atoms with E-state index in [0.717, 1.165) is 12.6 Å². The first kappa shape index (κ1) is 8.57. The van der Waals surface area contributed by atoms with Gasteiger partial charge in [-0.25, -0.2) is 0 Å². The highest BCUT2D eigenvalue weighted by Gasteiger charge is 2.30. The monoisotopic (exact) mass is 155 g/mol. The average Bonchev–Trinajstić information content (AvgIpc) is 2.28. The molecule has 0 aromatic heterocycles. The molecular formula is C9H19N2+. The van der Waals surface area contributed by atoms with Crippen LogP contribution >= 0.6 is 0 Å². The zero-order valence-electron chi connectivity index (χ0n) is 8.09. The van der Waals surface area contributed by atoms with Gasteiger partial charge in [0.1, 0.15) is 12.6 Å². The van der Waals surface area contributed by atoms with Gasteiger partial charge < -0.3 is 0 Å². The zero-order chi connectivity index (χ0) is 8.43. The van der Waals surface area contributed by atoms with Gasteiger partial charge in [-0.1, -0.05) is 6.92 Å². The first-order valence-corrected chi connectivity index (χ1v) is 4.52. The maximum atomic E-state index is 2.49. The summed E-state index contributed by atoms with van der Waals surface area (Å²) in [6, 6.07) is 0.755. The van der Waals surface area contributed by atoms with E-state index in [0.29, 0.717) is 0 Å². The molecule has 2 nitrogen and oxygen atoms in total. The summed E-state index contributed by atoms with van der Waals surface area (Å²) in [5, 5.41) is 0. The van der Waals surface area contributed by atoms with Gasteiger partial charge in [0.2, 0.25) is 5.84 Å². The minimum atomic E-state index is 0.755. The van der Waals surface area contributed by atoms with Crippen molar-refractivity contribution in [3.63, 3.8) is 0 Å². The van der Waals surface area contributed by atoms with E-state index in [2.05, 4.69) is 37.3 Å². The second-order valence-electron chi connectivity index (χ2n) is 3.28. The Morgan fingerprint density at radius 2 is 2.18 bits per heavy atom. The van der Waals surface area contributed by atoms with Gasteiger partial charge in [0.15, 0.2) is 0 Å². The molecule has 1 atom stereocenters. The van der Waals surface area contributed by atoms with E-state index < -0.39 is 0 Å². The van der Waals surface area contributed by atoms with Gasteiger partial charge in [-0.3, -0.25) is 9.48 Å². The molecule has 0 saturated heterocycles. The normalized spacial score (nSPS) is 25.1. The Morgan fingerprint density at radius 3 is 2.55 bits per heavy atom. The predicted molar refractivity (Wildman–Crippen MR) is 48.2 cm³/mol. The Kier molecular flexibility index (Phi) is 2.53. The molecule has 0 spiro atoms. The van der Waals surface area contributed by atoms with Crippen LogP contribution in [0.2, 0.25) is 0 Å². The smallest absolute Gasteiger partial charge is 0.243 e. The van der Waals surface area contributed by atoms with Crippen molar-refractivity contribution in [2.24, 2.45) is 0 Å². The number of hydrogen-bond acceptors (Lipinski definition) is 1. The summed E-state index contributed by atoms with van der Waals surface area (Å²) < 4.78 is 2.49. The lowest BCUT2D eigenvalue weighted by molar-refractivity contribution is -0.553. The minimum Gasteiger partial charge on any atom is -0.264 e. The number of amidine groups is 1. The molecule has 0 aromatic rings. The van der Waals surface area contributed by atoms with Crippen LogP contribution in [-0.4, -0.2) is 41.5 Å². The molecule has 11 heavy (non-hydrogen) atoms. The third kappa shape index (κ3) is 1.39. The minimum absolute atomic E-state index is 0.755. The van der Waals surface area contributed by atoms with Gasteiger partial charge in [0.05, 0.1) is 13.6 Å². The molecule has 1 unspecified atom stereocenters. The summed E-state index contributed by atoms with van der Waals surface area (Å²) in [7, 11) is 2.17. The summed E-state index contributed by atoms with van der Waals surface area (Å²) in [6.07, 6.45) is 1.26. The van der Waals surface area contributed by atoms with E-state index in [9.17, 15) is 0 Å². The number of hydrogen-bond donors (Lipinski definition) is 0. The van der Waals surface area contributed by atoms with E-state index in [1.54, 1.807) is 0 Å². The van der Waals surface area contributed by atoms with E-state index in [-0.39, 0.29) is 0 Å². The lowest BCUT2D eigenvalue weighted by Gasteiger charge is -2.06. The van der Waals surface area contributed by atoms with Crippen LogP contribution in [0.15, 0.2) is 0 Å². The summed E-state index contributed by atoms with van der Waals surface area (Å²) in [5.41, 5.74) is 0. The van der Waals surface area contributed by atoms with Crippen LogP contribution < -0.4 is 0 Å². The maximum Gasteiger partial charge on any atom is 0.243 e. The van der Waals surface area contributed by atoms with Crippen LogP contribution in [0.5, 0.6) is 0 Å². The van der Waals surface area contributed by atoms with Crippen LogP contribution in [0.4, 0.5) is 0 Å². The van der Waals surface area contributed by atoms with Gasteiger partial charge in [-0.05, 0) is 13.3 Å². The lowest BCUT2D eigenvalue weighted by atomic mass is 10.2. The van der Waals surface area contributed by atoms with Crippen molar-refractivity contribution in [2.45, 2.75) is 33.2 Å². The summed E-state index contributed by atoms with van der Waals surface area (Å²) in [5.74, 6) is 1.43. The average molecular weight is 155 g/mol. The van der Waals surface area contributed by atoms with Crippen molar-refractivity contribution < 1.29 is 4.58 Å². The van der Waals surface area contributed by atoms with Crippen LogP contribution in [0.25, 0.3) is 0 Å². The van der Waals surface area contributed by atoms with Gasteiger partial charge in [-0.2, -0.15) is 0 Å². The molecule has 0 bridgehead atoms. The molecule has 2 heteroatoms. The highest BCUT2D eigenvalue weighted by Crippen LogP contribution is 2.09. The Morgan fingerprint density at radius 1 is 1.55 bits per heavy atom. The topological polar surface area (TPSA) is 6.25 Å². The van der Waals surface area contributed by atoms with Crippen LogP contribution in [0.3, 0.4) is 0 Å². The van der Waals surface area contributed by atoms with Gasteiger partial charge in [-0.15, -0.1) is 0 Å². The zero-order valence-corrected chi connectivity index (χ0v) is 8.09. The Hall–Kier alpha value is -0.530. The Balaban J connectivity index is 2.77. The predicted octanol–water partition coefficient (Wildman–Crippen LogP) is 1.16. The lowest BCUT2D eigenvalue weighted by Crippen LogP contribution is -2.24. The quantitative estimate of drug-likeness (QED) is 0.542. The van der Waals surface area contributed by atoms with Crippen LogP contribution in [0, 0.1) is 0 Å². The number of rotatable bonds is 2. The number of likely N-dealkylation sites (N-methyl/N-ethyl adjacent to an activating group) is 2. The summed E-state index contributed by atoms with van der Waals surface area (Å²) >= 11 is 0. The molecule has 0 fully saturated rings. The SMILES string of the molecule is CCC1CN(C)C(C)=[N+]1CC. The second kappa shape index (κ2) is 3.24. The molecule has 1 heterocycles. The van der Waals surface area contributed by atoms with E-state index in [1.165, 1.54) is 18.8 Å². The van der Waals surface area contributed by atoms with Crippen molar-refractivity contribution in [3.05, 3.63) is 0 Å². The van der Waals surface area contributed by atoms with Crippen LogP contribution in [0.1, 0.15) is 27.2 Å². The van der Waals surface area contributed by atoms with E-state index in [4.69, 9.17) is 0 Å². The van der Waals surface area contributed by atoms with E-state index in [1.807, 2.05) is 0 Å². The van der Waals surface area contributed by atoms with Gasteiger partial charge in [0, 0.05) is 6.92 Å². The molecular weight excluding hydrogens is 136 g/mol. The Labute approximate surface area is 69.5 Å². The molecule has 1 aliphatic heterocycles. The molecule has 0 radical (unpaired) electrons. The largest absolute Gasteiger partial charge is 0.264 e. The fourth-order valence-corrected chi connectivity index (χ4v) is 1.87. The molecule has 0 aliphatic carbocycles. The van der Waals surface area contributed by atoms with Crippen molar-refractivity contribution in [3.8, 4) is 0 Å². The van der Waals surface area contributed by atoms with Gasteiger partial charge in [0.25, 0.3) is 0 Å². The third-order valence-corrected chi connectivity index (χ3v) is 2.71. The molecule has 0 aromatic carbocycles. The Bertz CT molecular complexity index is 172. The number of nitrogens with zero attached hydrogens (tertiary/aromatic N) is 2. The molecule has 1 rings (SSSR count). The molecule has 1 aliphatic rings. The molecule has 0 saturated carbocycles. The van der Waals surface area contributed by atoms with Gasteiger partial charge >= 0.3 is 0 Å². The maximum absolute atomic E-state index is 2.49. The molecule has 0 N–H and O–H groups in total. The third-order valence-electron chi connectivity index (χ3n) is 2.71. The first-order valence-electron chi connectivity index (χ1n) is 4.52. The van der Waals surface area contributed by atoms with Crippen molar-refractivity contribution >= 4 is 5.84 Å². The second-order valence-corrected chi connectivity index (χ2v) is 3.28. The fourth-order valence-electron chi connectivity index (χ4n) is 1.87. The highest BCUT2D eigenvalue weighted by molar-refractivity contribution is 5.75. The fraction of sp³-hybridized carbons (Fsp3) is 0.889. The highest BCUT2D eigenvalue weighted by atomic mass is 15.3. The van der Waals surface area contributed by atoms with E-state index >= 15 is 0 Å². The van der Waals surface area contributed by atoms with Crippen molar-refractivity contribution in [1.82, 2.24) is 4.90 Å². The first-order chi connectivity index (χ1) is 5.20. The standard InChI is InChI=1S/C9H19N2/c1-5-9-7-10(4)8(3)11(9)6-2/h9H,5-7H2,1-4H3/q+1. The summed E-state index contributed by atoms with van der Waals surface area (Å²) in [4.78, 5) is 2.34. The van der Waals surface area contributed by atoms with Crippen molar-refractivity contribution in [2.75, 3.05) is 20.1 Å². The van der Waals surface area contributed by atoms with Crippen LogP contribution in [-0.2, 0) is 0 Å². The molecule has 64 valence electrons. The van der Waals surface area contributed by atoms with Crippen molar-refractivity contribution in [1.29, 1.82) is 0 Å².